The standard InChI is InChI=1S/C17H17NO/c1-17-14-8-7-12(19-2)9-11(14)10-16(18-17)13-5-3-4-6-15(13)17/h3-9,16,18H,10H2,1-2H3. The molecule has 0 aliphatic carbocycles. The molecule has 2 heteroatoms. The van der Waals surface area contributed by atoms with Crippen molar-refractivity contribution < 1.29 is 4.74 Å². The molecule has 2 unspecified atom stereocenters. The van der Waals surface area contributed by atoms with Crippen LogP contribution >= 0.6 is 0 Å². The van der Waals surface area contributed by atoms with Crippen LogP contribution in [-0.2, 0) is 12.0 Å². The number of fused-ring (bicyclic) bond motifs is 7. The zero-order valence-corrected chi connectivity index (χ0v) is 11.2. The van der Waals surface area contributed by atoms with Gasteiger partial charge in [-0.05, 0) is 47.7 Å². The first-order chi connectivity index (χ1) is 9.22. The highest BCUT2D eigenvalue weighted by Crippen LogP contribution is 2.48. The van der Waals surface area contributed by atoms with Gasteiger partial charge in [0.1, 0.15) is 5.75 Å². The van der Waals surface area contributed by atoms with Crippen molar-refractivity contribution in [1.82, 2.24) is 5.32 Å². The molecule has 19 heavy (non-hydrogen) atoms. The zero-order valence-electron chi connectivity index (χ0n) is 11.2. The first-order valence-corrected chi connectivity index (χ1v) is 6.77. The van der Waals surface area contributed by atoms with Gasteiger partial charge in [-0.1, -0.05) is 30.3 Å². The number of rotatable bonds is 1. The minimum Gasteiger partial charge on any atom is -0.497 e. The van der Waals surface area contributed by atoms with Gasteiger partial charge < -0.3 is 4.74 Å². The van der Waals surface area contributed by atoms with Crippen LogP contribution in [0.15, 0.2) is 42.5 Å². The predicted molar refractivity (Wildman–Crippen MR) is 75.5 cm³/mol. The highest BCUT2D eigenvalue weighted by atomic mass is 16.5. The molecule has 2 aliphatic rings. The van der Waals surface area contributed by atoms with Crippen molar-refractivity contribution in [2.45, 2.75) is 24.9 Å². The monoisotopic (exact) mass is 251 g/mol. The van der Waals surface area contributed by atoms with E-state index < -0.39 is 0 Å². The Balaban J connectivity index is 1.96. The van der Waals surface area contributed by atoms with Gasteiger partial charge in [0, 0.05) is 6.04 Å². The van der Waals surface area contributed by atoms with Crippen molar-refractivity contribution in [2.75, 3.05) is 7.11 Å². The summed E-state index contributed by atoms with van der Waals surface area (Å²) in [7, 11) is 1.73. The molecular weight excluding hydrogens is 234 g/mol. The fraction of sp³-hybridized carbons (Fsp3) is 0.294. The second-order valence-corrected chi connectivity index (χ2v) is 5.64. The molecule has 96 valence electrons. The van der Waals surface area contributed by atoms with Gasteiger partial charge >= 0.3 is 0 Å². The summed E-state index contributed by atoms with van der Waals surface area (Å²) in [6.07, 6.45) is 1.04. The Bertz CT molecular complexity index is 664. The number of nitrogens with one attached hydrogen (secondary N) is 1. The third kappa shape index (κ3) is 1.35. The first kappa shape index (κ1) is 11.1. The predicted octanol–water partition coefficient (Wildman–Crippen LogP) is 3.16. The Hall–Kier alpha value is -1.80. The van der Waals surface area contributed by atoms with Gasteiger partial charge in [0.25, 0.3) is 0 Å². The van der Waals surface area contributed by atoms with E-state index in [1.165, 1.54) is 22.3 Å². The number of methoxy groups -OCH3 is 1. The summed E-state index contributed by atoms with van der Waals surface area (Å²) >= 11 is 0. The number of ether oxygens (including phenoxy) is 1. The molecule has 0 saturated heterocycles. The number of hydrogen-bond donors (Lipinski definition) is 1. The molecule has 1 N–H and O–H groups in total. The normalized spacial score (nSPS) is 26.7. The van der Waals surface area contributed by atoms with Crippen LogP contribution in [0.4, 0.5) is 0 Å². The van der Waals surface area contributed by atoms with Crippen molar-refractivity contribution in [2.24, 2.45) is 0 Å². The molecule has 2 aromatic carbocycles. The van der Waals surface area contributed by atoms with Crippen LogP contribution in [0.5, 0.6) is 5.75 Å². The zero-order chi connectivity index (χ0) is 13.0. The lowest BCUT2D eigenvalue weighted by Crippen LogP contribution is -2.41. The van der Waals surface area contributed by atoms with Gasteiger partial charge in [0.15, 0.2) is 0 Å². The smallest absolute Gasteiger partial charge is 0.119 e. The molecular formula is C17H17NO. The molecule has 0 spiro atoms. The third-order valence-electron chi connectivity index (χ3n) is 4.61. The lowest BCUT2D eigenvalue weighted by molar-refractivity contribution is 0.382. The van der Waals surface area contributed by atoms with E-state index in [1.54, 1.807) is 7.11 Å². The number of benzene rings is 2. The summed E-state index contributed by atoms with van der Waals surface area (Å²) in [5, 5.41) is 3.78. The minimum atomic E-state index is -0.0544. The molecule has 0 aromatic heterocycles. The van der Waals surface area contributed by atoms with Crippen LogP contribution in [0.1, 0.15) is 35.2 Å². The van der Waals surface area contributed by atoms with Crippen molar-refractivity contribution in [3.63, 3.8) is 0 Å². The summed E-state index contributed by atoms with van der Waals surface area (Å²) in [5.41, 5.74) is 5.60. The maximum atomic E-state index is 5.36. The average molecular weight is 251 g/mol. The van der Waals surface area contributed by atoms with Crippen LogP contribution in [0.25, 0.3) is 0 Å². The van der Waals surface area contributed by atoms with E-state index in [9.17, 15) is 0 Å². The Labute approximate surface area is 113 Å². The van der Waals surface area contributed by atoms with Gasteiger partial charge in [-0.25, -0.2) is 0 Å². The van der Waals surface area contributed by atoms with Crippen LogP contribution in [-0.4, -0.2) is 7.11 Å². The quantitative estimate of drug-likeness (QED) is 0.840. The highest BCUT2D eigenvalue weighted by Gasteiger charge is 2.45. The summed E-state index contributed by atoms with van der Waals surface area (Å²) in [6, 6.07) is 15.7. The topological polar surface area (TPSA) is 21.3 Å². The van der Waals surface area contributed by atoms with E-state index in [2.05, 4.69) is 54.7 Å². The Morgan fingerprint density at radius 3 is 2.84 bits per heavy atom. The summed E-state index contributed by atoms with van der Waals surface area (Å²) in [6.45, 7) is 2.29. The summed E-state index contributed by atoms with van der Waals surface area (Å²) < 4.78 is 5.36. The fourth-order valence-corrected chi connectivity index (χ4v) is 3.72. The molecule has 0 fully saturated rings. The van der Waals surface area contributed by atoms with E-state index >= 15 is 0 Å². The highest BCUT2D eigenvalue weighted by molar-refractivity contribution is 5.55. The number of hydrogen-bond acceptors (Lipinski definition) is 2. The Kier molecular flexibility index (Phi) is 2.10. The molecule has 0 amide bonds. The molecule has 2 heterocycles. The minimum absolute atomic E-state index is 0.0544. The molecule has 2 bridgehead atoms. The maximum Gasteiger partial charge on any atom is 0.119 e. The maximum absolute atomic E-state index is 5.36. The van der Waals surface area contributed by atoms with E-state index in [4.69, 9.17) is 4.74 Å². The molecule has 0 radical (unpaired) electrons. The van der Waals surface area contributed by atoms with Crippen molar-refractivity contribution >= 4 is 0 Å². The van der Waals surface area contributed by atoms with Crippen LogP contribution in [0.3, 0.4) is 0 Å². The second kappa shape index (κ2) is 3.61. The first-order valence-electron chi connectivity index (χ1n) is 6.77. The van der Waals surface area contributed by atoms with Crippen LogP contribution < -0.4 is 10.1 Å². The molecule has 2 atom stereocenters. The van der Waals surface area contributed by atoms with Crippen molar-refractivity contribution in [1.29, 1.82) is 0 Å². The lowest BCUT2D eigenvalue weighted by atomic mass is 9.82. The Morgan fingerprint density at radius 1 is 1.16 bits per heavy atom. The summed E-state index contributed by atoms with van der Waals surface area (Å²) in [4.78, 5) is 0. The van der Waals surface area contributed by atoms with Gasteiger partial charge in [-0.3, -0.25) is 5.32 Å². The third-order valence-corrected chi connectivity index (χ3v) is 4.61. The van der Waals surface area contributed by atoms with Gasteiger partial charge in [0.2, 0.25) is 0 Å². The molecule has 2 aromatic rings. The van der Waals surface area contributed by atoms with Crippen molar-refractivity contribution in [3.05, 3.63) is 64.7 Å². The largest absolute Gasteiger partial charge is 0.497 e. The molecule has 2 nitrogen and oxygen atoms in total. The SMILES string of the molecule is COc1ccc2c(c1)CC1NC2(C)c2ccccc21. The summed E-state index contributed by atoms with van der Waals surface area (Å²) in [5.74, 6) is 0.952. The second-order valence-electron chi connectivity index (χ2n) is 5.64. The fourth-order valence-electron chi connectivity index (χ4n) is 3.72. The molecule has 2 aliphatic heterocycles. The van der Waals surface area contributed by atoms with Crippen LogP contribution in [0, 0.1) is 0 Å². The molecule has 0 saturated carbocycles. The van der Waals surface area contributed by atoms with Crippen LogP contribution in [0.2, 0.25) is 0 Å². The van der Waals surface area contributed by atoms with Gasteiger partial charge in [-0.15, -0.1) is 0 Å². The Morgan fingerprint density at radius 2 is 2.00 bits per heavy atom. The van der Waals surface area contributed by atoms with E-state index in [0.717, 1.165) is 12.2 Å². The van der Waals surface area contributed by atoms with E-state index in [-0.39, 0.29) is 5.54 Å². The lowest BCUT2D eigenvalue weighted by Gasteiger charge is -2.34. The van der Waals surface area contributed by atoms with Gasteiger partial charge in [0.05, 0.1) is 12.6 Å². The van der Waals surface area contributed by atoms with E-state index in [1.807, 2.05) is 0 Å². The molecule has 4 rings (SSSR count). The van der Waals surface area contributed by atoms with Gasteiger partial charge in [-0.2, -0.15) is 0 Å². The average Bonchev–Trinajstić information content (AvgIpc) is 2.69. The van der Waals surface area contributed by atoms with Crippen molar-refractivity contribution in [3.8, 4) is 5.75 Å². The van der Waals surface area contributed by atoms with E-state index in [0.29, 0.717) is 6.04 Å².